The molecule has 0 saturated heterocycles. The van der Waals surface area contributed by atoms with Crippen molar-refractivity contribution in [3.05, 3.63) is 40.2 Å². The Morgan fingerprint density at radius 1 is 1.29 bits per heavy atom. The van der Waals surface area contributed by atoms with E-state index >= 15 is 0 Å². The van der Waals surface area contributed by atoms with Crippen LogP contribution in [0.4, 0.5) is 5.69 Å². The average molecular weight is 347 g/mol. The Balaban J connectivity index is 2.30. The highest BCUT2D eigenvalue weighted by atomic mass is 35.5. The third kappa shape index (κ3) is 3.88. The summed E-state index contributed by atoms with van der Waals surface area (Å²) in [5.74, 6) is 0.412. The molecule has 0 spiro atoms. The van der Waals surface area contributed by atoms with Crippen molar-refractivity contribution in [2.45, 2.75) is 10.8 Å². The molecule has 21 heavy (non-hydrogen) atoms. The predicted molar refractivity (Wildman–Crippen MR) is 85.9 cm³/mol. The van der Waals surface area contributed by atoms with Crippen LogP contribution >= 0.6 is 22.9 Å². The number of methoxy groups -OCH3 is 1. The van der Waals surface area contributed by atoms with Crippen LogP contribution in [0.5, 0.6) is 5.75 Å². The Bertz CT molecular complexity index is 729. The second kappa shape index (κ2) is 6.65. The molecule has 0 amide bonds. The van der Waals surface area contributed by atoms with E-state index in [1.54, 1.807) is 24.3 Å². The second-order valence-corrected chi connectivity index (χ2v) is 7.72. The van der Waals surface area contributed by atoms with E-state index in [-0.39, 0.29) is 4.21 Å². The summed E-state index contributed by atoms with van der Waals surface area (Å²) >= 11 is 7.11. The molecule has 2 rings (SSSR count). The molecule has 5 nitrogen and oxygen atoms in total. The number of halogens is 1. The van der Waals surface area contributed by atoms with Crippen molar-refractivity contribution in [3.8, 4) is 5.75 Å². The first-order chi connectivity index (χ1) is 9.96. The Morgan fingerprint density at radius 3 is 2.71 bits per heavy atom. The van der Waals surface area contributed by atoms with E-state index in [4.69, 9.17) is 16.3 Å². The number of hydrogen-bond acceptors (Lipinski definition) is 5. The highest BCUT2D eigenvalue weighted by molar-refractivity contribution is 7.94. The Kier molecular flexibility index (Phi) is 5.10. The van der Waals surface area contributed by atoms with Gasteiger partial charge in [0.1, 0.15) is 9.96 Å². The van der Waals surface area contributed by atoms with Gasteiger partial charge < -0.3 is 10.1 Å². The number of hydrogen-bond donors (Lipinski definition) is 2. The van der Waals surface area contributed by atoms with Crippen LogP contribution in [0.2, 0.25) is 5.02 Å². The van der Waals surface area contributed by atoms with Gasteiger partial charge in [-0.3, -0.25) is 4.72 Å². The molecule has 0 aliphatic heterocycles. The summed E-state index contributed by atoms with van der Waals surface area (Å²) in [4.78, 5) is 0.941. The van der Waals surface area contributed by atoms with Crippen molar-refractivity contribution in [1.82, 2.24) is 5.32 Å². The van der Waals surface area contributed by atoms with E-state index in [0.29, 0.717) is 23.0 Å². The molecule has 1 heterocycles. The number of thiophene rings is 1. The van der Waals surface area contributed by atoms with Gasteiger partial charge in [0.2, 0.25) is 0 Å². The number of anilines is 1. The first-order valence-electron chi connectivity index (χ1n) is 6.06. The number of benzene rings is 1. The summed E-state index contributed by atoms with van der Waals surface area (Å²) in [5.41, 5.74) is 0.313. The Hall–Kier alpha value is -1.28. The molecule has 0 aliphatic carbocycles. The SMILES string of the molecule is CNCc1ccc(S(=O)(=O)Nc2cc(Cl)ccc2OC)s1. The van der Waals surface area contributed by atoms with E-state index in [2.05, 4.69) is 10.0 Å². The molecular formula is C13H15ClN2O3S2. The van der Waals surface area contributed by atoms with Crippen LogP contribution in [0.15, 0.2) is 34.5 Å². The lowest BCUT2D eigenvalue weighted by Crippen LogP contribution is -2.12. The fourth-order valence-electron chi connectivity index (χ4n) is 1.73. The molecule has 0 atom stereocenters. The molecule has 0 aliphatic rings. The van der Waals surface area contributed by atoms with Gasteiger partial charge >= 0.3 is 0 Å². The topological polar surface area (TPSA) is 67.4 Å². The van der Waals surface area contributed by atoms with Gasteiger partial charge in [0.25, 0.3) is 10.0 Å². The van der Waals surface area contributed by atoms with Crippen LogP contribution < -0.4 is 14.8 Å². The normalized spacial score (nSPS) is 11.4. The quantitative estimate of drug-likeness (QED) is 0.844. The lowest BCUT2D eigenvalue weighted by molar-refractivity contribution is 0.417. The van der Waals surface area contributed by atoms with Gasteiger partial charge in [0.05, 0.1) is 12.8 Å². The molecule has 0 unspecified atom stereocenters. The molecule has 0 radical (unpaired) electrons. The maximum Gasteiger partial charge on any atom is 0.271 e. The summed E-state index contributed by atoms with van der Waals surface area (Å²) < 4.78 is 32.6. The van der Waals surface area contributed by atoms with E-state index in [1.807, 2.05) is 7.05 Å². The highest BCUT2D eigenvalue weighted by Gasteiger charge is 2.19. The standard InChI is InChI=1S/C13H15ClN2O3S2/c1-15-8-10-4-6-13(20-10)21(17,18)16-11-7-9(14)3-5-12(11)19-2/h3-7,15-16H,8H2,1-2H3. The number of sulfonamides is 1. The zero-order chi connectivity index (χ0) is 15.5. The van der Waals surface area contributed by atoms with Crippen LogP contribution in [0.3, 0.4) is 0 Å². The van der Waals surface area contributed by atoms with E-state index in [0.717, 1.165) is 4.88 Å². The minimum atomic E-state index is -3.66. The van der Waals surface area contributed by atoms with Crippen LogP contribution in [0, 0.1) is 0 Å². The van der Waals surface area contributed by atoms with Crippen molar-refractivity contribution in [2.24, 2.45) is 0 Å². The maximum atomic E-state index is 12.4. The van der Waals surface area contributed by atoms with Gasteiger partial charge in [-0.1, -0.05) is 11.6 Å². The fourth-order valence-corrected chi connectivity index (χ4v) is 4.33. The van der Waals surface area contributed by atoms with Crippen molar-refractivity contribution in [2.75, 3.05) is 18.9 Å². The fraction of sp³-hybridized carbons (Fsp3) is 0.231. The molecule has 114 valence electrons. The monoisotopic (exact) mass is 346 g/mol. The molecule has 1 aromatic heterocycles. The van der Waals surface area contributed by atoms with Crippen LogP contribution in [-0.2, 0) is 16.6 Å². The van der Waals surface area contributed by atoms with Crippen molar-refractivity contribution >= 4 is 38.6 Å². The molecule has 1 aromatic carbocycles. The molecule has 2 N–H and O–H groups in total. The molecule has 2 aromatic rings. The van der Waals surface area contributed by atoms with Gasteiger partial charge in [-0.2, -0.15) is 0 Å². The average Bonchev–Trinajstić information content (AvgIpc) is 2.88. The number of nitrogens with one attached hydrogen (secondary N) is 2. The summed E-state index contributed by atoms with van der Waals surface area (Å²) in [5, 5.41) is 3.41. The Labute approximate surface area is 133 Å². The van der Waals surface area contributed by atoms with Crippen LogP contribution in [0.25, 0.3) is 0 Å². The number of ether oxygens (including phenoxy) is 1. The van der Waals surface area contributed by atoms with Gasteiger partial charge in [-0.25, -0.2) is 8.42 Å². The summed E-state index contributed by atoms with van der Waals surface area (Å²) in [6.45, 7) is 0.626. The molecule has 0 fully saturated rings. The van der Waals surface area contributed by atoms with E-state index < -0.39 is 10.0 Å². The maximum absolute atomic E-state index is 12.4. The highest BCUT2D eigenvalue weighted by Crippen LogP contribution is 2.31. The zero-order valence-corrected chi connectivity index (χ0v) is 13.9. The van der Waals surface area contributed by atoms with Crippen LogP contribution in [0.1, 0.15) is 4.88 Å². The first-order valence-corrected chi connectivity index (χ1v) is 8.73. The largest absolute Gasteiger partial charge is 0.495 e. The number of rotatable bonds is 6. The lowest BCUT2D eigenvalue weighted by atomic mass is 10.3. The van der Waals surface area contributed by atoms with Gasteiger partial charge in [0.15, 0.2) is 0 Å². The van der Waals surface area contributed by atoms with E-state index in [9.17, 15) is 8.42 Å². The Morgan fingerprint density at radius 2 is 2.05 bits per heavy atom. The first kappa shape index (κ1) is 16.1. The predicted octanol–water partition coefficient (Wildman–Crippen LogP) is 2.93. The summed E-state index contributed by atoms with van der Waals surface area (Å²) in [7, 11) is -0.380. The molecule has 0 saturated carbocycles. The van der Waals surface area contributed by atoms with Crippen LogP contribution in [-0.4, -0.2) is 22.6 Å². The minimum absolute atomic E-state index is 0.245. The minimum Gasteiger partial charge on any atom is -0.495 e. The molecular weight excluding hydrogens is 332 g/mol. The zero-order valence-electron chi connectivity index (χ0n) is 11.5. The van der Waals surface area contributed by atoms with Gasteiger partial charge in [-0.05, 0) is 37.4 Å². The van der Waals surface area contributed by atoms with Gasteiger partial charge in [-0.15, -0.1) is 11.3 Å². The van der Waals surface area contributed by atoms with Crippen molar-refractivity contribution in [1.29, 1.82) is 0 Å². The molecule has 0 bridgehead atoms. The molecule has 8 heteroatoms. The van der Waals surface area contributed by atoms with E-state index in [1.165, 1.54) is 24.5 Å². The third-order valence-corrected chi connectivity index (χ3v) is 5.84. The van der Waals surface area contributed by atoms with Crippen molar-refractivity contribution < 1.29 is 13.2 Å². The third-order valence-electron chi connectivity index (χ3n) is 2.66. The van der Waals surface area contributed by atoms with Crippen molar-refractivity contribution in [3.63, 3.8) is 0 Å². The smallest absolute Gasteiger partial charge is 0.271 e. The van der Waals surface area contributed by atoms with Gasteiger partial charge in [0, 0.05) is 16.4 Å². The lowest BCUT2D eigenvalue weighted by Gasteiger charge is -2.11. The summed E-state index contributed by atoms with van der Waals surface area (Å²) in [6.07, 6.45) is 0. The summed E-state index contributed by atoms with van der Waals surface area (Å²) in [6, 6.07) is 8.12. The second-order valence-electron chi connectivity index (χ2n) is 4.20.